The number of esters is 1. The first-order chi connectivity index (χ1) is 9.81. The van der Waals surface area contributed by atoms with E-state index in [0.717, 1.165) is 32.1 Å². The van der Waals surface area contributed by atoms with Crippen LogP contribution in [0.4, 0.5) is 17.6 Å². The molecular formula is C11H16F4O5S. The normalized spacial score (nSPS) is 20.0. The molecule has 10 heteroatoms. The zero-order valence-corrected chi connectivity index (χ0v) is 11.8. The molecule has 1 fully saturated rings. The zero-order valence-electron chi connectivity index (χ0n) is 11.0. The molecule has 1 rings (SSSR count). The Bertz CT molecular complexity index is 335. The molecule has 0 saturated heterocycles. The van der Waals surface area contributed by atoms with Crippen LogP contribution in [0.15, 0.2) is 0 Å². The summed E-state index contributed by atoms with van der Waals surface area (Å²) < 4.78 is 59.1. The highest BCUT2D eigenvalue weighted by atomic mass is 32.2. The average molecular weight is 336 g/mol. The third-order valence-electron chi connectivity index (χ3n) is 3.29. The zero-order chi connectivity index (χ0) is 15.9. The predicted molar refractivity (Wildman–Crippen MR) is 64.4 cm³/mol. The van der Waals surface area contributed by atoms with Gasteiger partial charge < -0.3 is 4.74 Å². The van der Waals surface area contributed by atoms with Crippen LogP contribution in [-0.2, 0) is 18.9 Å². The molecule has 5 nitrogen and oxygen atoms in total. The van der Waals surface area contributed by atoms with Crippen molar-refractivity contribution in [2.75, 3.05) is 6.61 Å². The summed E-state index contributed by atoms with van der Waals surface area (Å²) >= 11 is -1.01. The molecule has 124 valence electrons. The summed E-state index contributed by atoms with van der Waals surface area (Å²) in [6.45, 7) is -0.300. The maximum atomic E-state index is 13.7. The number of halogens is 4. The molecule has 0 amide bonds. The van der Waals surface area contributed by atoms with Crippen LogP contribution in [0.3, 0.4) is 0 Å². The minimum Gasteiger partial charge on any atom is -0.462 e. The largest absolute Gasteiger partial charge is 0.462 e. The Morgan fingerprint density at radius 1 is 1.19 bits per heavy atom. The van der Waals surface area contributed by atoms with Gasteiger partial charge in [0, 0.05) is 0 Å². The number of ether oxygens (including phenoxy) is 1. The number of alkyl halides is 4. The summed E-state index contributed by atoms with van der Waals surface area (Å²) in [4.78, 5) is 11.3. The van der Waals surface area contributed by atoms with Crippen LogP contribution in [0, 0.1) is 5.92 Å². The molecule has 1 saturated carbocycles. The minimum atomic E-state index is -5.57. The summed E-state index contributed by atoms with van der Waals surface area (Å²) in [5.41, 5.74) is 0. The van der Waals surface area contributed by atoms with E-state index in [1.165, 1.54) is 0 Å². The Balaban J connectivity index is 2.48. The van der Waals surface area contributed by atoms with E-state index in [1.807, 2.05) is 0 Å². The second-order valence-electron chi connectivity index (χ2n) is 4.75. The summed E-state index contributed by atoms with van der Waals surface area (Å²) in [6.07, 6.45) is -0.147. The van der Waals surface area contributed by atoms with Crippen LogP contribution in [0.1, 0.15) is 38.5 Å². The van der Waals surface area contributed by atoms with Gasteiger partial charge in [0.1, 0.15) is 0 Å². The van der Waals surface area contributed by atoms with Gasteiger partial charge in [-0.05, 0) is 12.3 Å². The highest BCUT2D eigenvalue weighted by Crippen LogP contribution is 2.44. The lowest BCUT2D eigenvalue weighted by molar-refractivity contribution is -0.433. The van der Waals surface area contributed by atoms with Crippen molar-refractivity contribution >= 4 is 18.0 Å². The van der Waals surface area contributed by atoms with Gasteiger partial charge in [0.2, 0.25) is 0 Å². The molecule has 1 unspecified atom stereocenters. The Morgan fingerprint density at radius 2 is 1.81 bits per heavy atom. The van der Waals surface area contributed by atoms with Crippen LogP contribution in [-0.4, -0.2) is 29.0 Å². The maximum absolute atomic E-state index is 13.7. The molecule has 1 aliphatic rings. The smallest absolute Gasteiger partial charge is 0.446 e. The fraction of sp³-hybridized carbons (Fsp3) is 0.909. The molecule has 0 heterocycles. The monoisotopic (exact) mass is 336 g/mol. The molecule has 0 aromatic heterocycles. The van der Waals surface area contributed by atoms with Crippen molar-refractivity contribution in [3.63, 3.8) is 0 Å². The van der Waals surface area contributed by atoms with Gasteiger partial charge in [-0.15, -0.1) is 4.33 Å². The third kappa shape index (κ3) is 5.28. The average Bonchev–Trinajstić information content (AvgIpc) is 2.44. The molecule has 0 bridgehead atoms. The van der Waals surface area contributed by atoms with Crippen LogP contribution in [0.5, 0.6) is 0 Å². The minimum absolute atomic E-state index is 0.274. The van der Waals surface area contributed by atoms with Gasteiger partial charge in [0.15, 0.2) is 0 Å². The van der Waals surface area contributed by atoms with Gasteiger partial charge in [0.05, 0.1) is 18.6 Å². The Labute approximate surface area is 123 Å². The number of rotatable bonds is 7. The Hall–Kier alpha value is -0.580. The molecule has 1 N–H and O–H groups in total. The first-order valence-electron chi connectivity index (χ1n) is 6.40. The molecule has 0 spiro atoms. The van der Waals surface area contributed by atoms with Crippen molar-refractivity contribution in [2.45, 2.75) is 49.7 Å². The fourth-order valence-corrected chi connectivity index (χ4v) is 2.49. The van der Waals surface area contributed by atoms with E-state index in [4.69, 9.17) is 5.26 Å². The van der Waals surface area contributed by atoms with E-state index in [9.17, 15) is 22.4 Å². The summed E-state index contributed by atoms with van der Waals surface area (Å²) in [6, 6.07) is 0. The van der Waals surface area contributed by atoms with Crippen molar-refractivity contribution < 1.29 is 41.7 Å². The van der Waals surface area contributed by atoms with Crippen LogP contribution < -0.4 is 0 Å². The number of carbonyl (C=O) groups is 1. The van der Waals surface area contributed by atoms with E-state index >= 15 is 0 Å². The molecule has 0 radical (unpaired) electrons. The van der Waals surface area contributed by atoms with Crippen molar-refractivity contribution in [1.29, 1.82) is 0 Å². The van der Waals surface area contributed by atoms with Gasteiger partial charge in [-0.3, -0.25) is 0 Å². The van der Waals surface area contributed by atoms with Crippen LogP contribution in [0.2, 0.25) is 0 Å². The van der Waals surface area contributed by atoms with Gasteiger partial charge in [-0.2, -0.15) is 13.2 Å². The van der Waals surface area contributed by atoms with E-state index in [0.29, 0.717) is 6.42 Å². The number of carbonyl (C=O) groups excluding carboxylic acids is 1. The lowest BCUT2D eigenvalue weighted by Gasteiger charge is -2.24. The predicted octanol–water partition coefficient (Wildman–Crippen LogP) is 3.80. The summed E-state index contributed by atoms with van der Waals surface area (Å²) in [5.74, 6) is -1.86. The third-order valence-corrected chi connectivity index (χ3v) is 4.05. The molecule has 0 aliphatic heterocycles. The van der Waals surface area contributed by atoms with Crippen molar-refractivity contribution in [1.82, 2.24) is 0 Å². The van der Waals surface area contributed by atoms with E-state index < -0.39 is 29.2 Å². The fourth-order valence-electron chi connectivity index (χ4n) is 2.15. The number of hydrogen-bond acceptors (Lipinski definition) is 6. The quantitative estimate of drug-likeness (QED) is 0.251. The molecule has 0 aromatic rings. The highest BCUT2D eigenvalue weighted by molar-refractivity contribution is 7.96. The Morgan fingerprint density at radius 3 is 2.33 bits per heavy atom. The van der Waals surface area contributed by atoms with Gasteiger partial charge in [0.25, 0.3) is 0 Å². The molecule has 1 aliphatic carbocycles. The van der Waals surface area contributed by atoms with Crippen molar-refractivity contribution in [3.8, 4) is 0 Å². The lowest BCUT2D eigenvalue weighted by atomic mass is 9.87. The van der Waals surface area contributed by atoms with E-state index in [2.05, 4.69) is 14.1 Å². The van der Waals surface area contributed by atoms with E-state index in [-0.39, 0.29) is 12.5 Å². The van der Waals surface area contributed by atoms with Crippen LogP contribution >= 0.6 is 12.0 Å². The maximum Gasteiger partial charge on any atom is 0.446 e. The number of hydrogen-bond donors (Lipinski definition) is 1. The topological polar surface area (TPSA) is 65.0 Å². The molecule has 0 aromatic carbocycles. The SMILES string of the molecule is O=C(OCCC1CCCCC1)C(F)(SOOO)C(F)(F)F. The van der Waals surface area contributed by atoms with Crippen LogP contribution in [0.25, 0.3) is 0 Å². The summed E-state index contributed by atoms with van der Waals surface area (Å²) in [7, 11) is 0. The summed E-state index contributed by atoms with van der Waals surface area (Å²) in [5, 5.41) is 6.24. The van der Waals surface area contributed by atoms with Gasteiger partial charge in [-0.1, -0.05) is 37.1 Å². The second kappa shape index (κ2) is 8.16. The highest BCUT2D eigenvalue weighted by Gasteiger charge is 2.66. The standard InChI is InChI=1S/C11H16F4O5S/c12-10(11(13,14)15,21-20-19-17)9(16)18-7-6-8-4-2-1-3-5-8/h8,17H,1-7H2. The first kappa shape index (κ1) is 18.5. The van der Waals surface area contributed by atoms with Gasteiger partial charge >= 0.3 is 17.1 Å². The second-order valence-corrected chi connectivity index (χ2v) is 5.61. The van der Waals surface area contributed by atoms with Crippen molar-refractivity contribution in [3.05, 3.63) is 0 Å². The first-order valence-corrected chi connectivity index (χ1v) is 7.14. The molecule has 21 heavy (non-hydrogen) atoms. The molecular weight excluding hydrogens is 320 g/mol. The van der Waals surface area contributed by atoms with E-state index in [1.54, 1.807) is 0 Å². The molecule has 1 atom stereocenters. The van der Waals surface area contributed by atoms with Gasteiger partial charge in [-0.25, -0.2) is 14.4 Å². The Kier molecular flexibility index (Phi) is 7.17. The lowest BCUT2D eigenvalue weighted by Crippen LogP contribution is -2.46. The van der Waals surface area contributed by atoms with Crippen molar-refractivity contribution in [2.24, 2.45) is 5.92 Å².